The summed E-state index contributed by atoms with van der Waals surface area (Å²) in [6.45, 7) is 0.569. The minimum absolute atomic E-state index is 0.224. The minimum Gasteiger partial charge on any atom is -0.455 e. The molecule has 1 heterocycles. The molecule has 39 heavy (non-hydrogen) atoms. The van der Waals surface area contributed by atoms with Crippen molar-refractivity contribution in [2.75, 3.05) is 23.7 Å². The summed E-state index contributed by atoms with van der Waals surface area (Å²) >= 11 is 9.33. The maximum Gasteiger partial charge on any atom is 0.319 e. The highest BCUT2D eigenvalue weighted by atomic mass is 79.9. The molecule has 0 spiro atoms. The second-order valence-electron chi connectivity index (χ2n) is 9.01. The van der Waals surface area contributed by atoms with E-state index >= 15 is 0 Å². The third-order valence-corrected chi connectivity index (χ3v) is 7.02. The number of carbonyl (C=O) groups excluding carboxylic acids is 3. The summed E-state index contributed by atoms with van der Waals surface area (Å²) in [5.41, 5.74) is 1.03. The van der Waals surface area contributed by atoms with Gasteiger partial charge in [0, 0.05) is 34.0 Å². The molecule has 0 aromatic heterocycles. The maximum absolute atomic E-state index is 12.9. The zero-order valence-electron chi connectivity index (χ0n) is 20.6. The van der Waals surface area contributed by atoms with Gasteiger partial charge in [-0.1, -0.05) is 63.9 Å². The van der Waals surface area contributed by atoms with E-state index in [-0.39, 0.29) is 18.6 Å². The predicted molar refractivity (Wildman–Crippen MR) is 155 cm³/mol. The second-order valence-corrected chi connectivity index (χ2v) is 10.4. The van der Waals surface area contributed by atoms with Crippen LogP contribution in [-0.4, -0.2) is 41.9 Å². The molecule has 4 amide bonds. The van der Waals surface area contributed by atoms with Crippen molar-refractivity contribution < 1.29 is 19.1 Å². The molecule has 1 fully saturated rings. The van der Waals surface area contributed by atoms with Crippen LogP contribution in [0, 0.1) is 0 Å². The standard InChI is InChI=1S/C29H24BrClN4O4/c30-19-8-13-26(39-22-11-9-20(31)10-12-22)25(16-19)33-27(36)28(37)35-15-14-21(17-35)32-29(38)34-24-7-3-5-18-4-1-2-6-23(18)24/h1-13,16,21H,14-15,17H2,(H,33,36)(H2,32,34,38). The minimum atomic E-state index is -0.796. The first-order valence-electron chi connectivity index (χ1n) is 12.2. The number of benzene rings is 4. The van der Waals surface area contributed by atoms with E-state index < -0.39 is 11.8 Å². The van der Waals surface area contributed by atoms with Gasteiger partial charge in [-0.2, -0.15) is 0 Å². The Kier molecular flexibility index (Phi) is 7.99. The molecule has 0 radical (unpaired) electrons. The van der Waals surface area contributed by atoms with E-state index in [9.17, 15) is 14.4 Å². The van der Waals surface area contributed by atoms with Crippen LogP contribution in [0.25, 0.3) is 10.8 Å². The second kappa shape index (κ2) is 11.8. The topological polar surface area (TPSA) is 99.8 Å². The number of rotatable bonds is 5. The van der Waals surface area contributed by atoms with Crippen LogP contribution < -0.4 is 20.7 Å². The fourth-order valence-electron chi connectivity index (χ4n) is 4.38. The predicted octanol–water partition coefficient (Wildman–Crippen LogP) is 6.41. The van der Waals surface area contributed by atoms with Gasteiger partial charge in [0.2, 0.25) is 0 Å². The molecule has 10 heteroatoms. The number of nitrogens with zero attached hydrogens (tertiary/aromatic N) is 1. The van der Waals surface area contributed by atoms with Gasteiger partial charge in [0.1, 0.15) is 5.75 Å². The lowest BCUT2D eigenvalue weighted by Crippen LogP contribution is -2.43. The number of nitrogens with one attached hydrogen (secondary N) is 3. The first-order chi connectivity index (χ1) is 18.9. The van der Waals surface area contributed by atoms with Gasteiger partial charge in [0.15, 0.2) is 5.75 Å². The Morgan fingerprint density at radius 3 is 2.49 bits per heavy atom. The Morgan fingerprint density at radius 2 is 1.67 bits per heavy atom. The molecule has 1 saturated heterocycles. The smallest absolute Gasteiger partial charge is 0.319 e. The molecule has 0 bridgehead atoms. The number of halogens is 2. The molecule has 4 aromatic carbocycles. The molecule has 198 valence electrons. The monoisotopic (exact) mass is 606 g/mol. The van der Waals surface area contributed by atoms with E-state index in [0.29, 0.717) is 45.3 Å². The fraction of sp³-hybridized carbons (Fsp3) is 0.138. The van der Waals surface area contributed by atoms with Crippen LogP contribution in [0.2, 0.25) is 5.02 Å². The number of carbonyl (C=O) groups is 3. The number of likely N-dealkylation sites (tertiary alicyclic amines) is 1. The fourth-order valence-corrected chi connectivity index (χ4v) is 4.87. The molecular weight excluding hydrogens is 584 g/mol. The number of hydrogen-bond acceptors (Lipinski definition) is 4. The van der Waals surface area contributed by atoms with Crippen molar-refractivity contribution in [1.82, 2.24) is 10.2 Å². The largest absolute Gasteiger partial charge is 0.455 e. The highest BCUT2D eigenvalue weighted by Gasteiger charge is 2.31. The van der Waals surface area contributed by atoms with Crippen LogP contribution in [0.4, 0.5) is 16.2 Å². The summed E-state index contributed by atoms with van der Waals surface area (Å²) in [6.07, 6.45) is 0.532. The third-order valence-electron chi connectivity index (χ3n) is 6.27. The summed E-state index contributed by atoms with van der Waals surface area (Å²) in [7, 11) is 0. The van der Waals surface area contributed by atoms with Crippen molar-refractivity contribution in [3.05, 3.63) is 94.4 Å². The first kappa shape index (κ1) is 26.5. The first-order valence-corrected chi connectivity index (χ1v) is 13.4. The Labute approximate surface area is 238 Å². The lowest BCUT2D eigenvalue weighted by molar-refractivity contribution is -0.142. The summed E-state index contributed by atoms with van der Waals surface area (Å²) in [5.74, 6) is -0.590. The molecule has 8 nitrogen and oxygen atoms in total. The van der Waals surface area contributed by atoms with Crippen LogP contribution in [0.5, 0.6) is 11.5 Å². The van der Waals surface area contributed by atoms with E-state index in [1.807, 2.05) is 42.5 Å². The molecule has 1 aliphatic heterocycles. The van der Waals surface area contributed by atoms with Gasteiger partial charge in [-0.25, -0.2) is 4.79 Å². The van der Waals surface area contributed by atoms with Crippen molar-refractivity contribution in [3.8, 4) is 11.5 Å². The SMILES string of the molecule is O=C(Nc1cccc2ccccc12)NC1CCN(C(=O)C(=O)Nc2cc(Br)ccc2Oc2ccc(Cl)cc2)C1. The number of hydrogen-bond donors (Lipinski definition) is 3. The molecule has 0 saturated carbocycles. The van der Waals surface area contributed by atoms with Gasteiger partial charge < -0.3 is 25.6 Å². The molecule has 0 aliphatic carbocycles. The Morgan fingerprint density at radius 1 is 0.897 bits per heavy atom. The Bertz CT molecular complexity index is 1540. The summed E-state index contributed by atoms with van der Waals surface area (Å²) < 4.78 is 6.59. The molecule has 1 unspecified atom stereocenters. The summed E-state index contributed by atoms with van der Waals surface area (Å²) in [4.78, 5) is 39.9. The number of anilines is 2. The quantitative estimate of drug-likeness (QED) is 0.228. The highest BCUT2D eigenvalue weighted by molar-refractivity contribution is 9.10. The van der Waals surface area contributed by atoms with Gasteiger partial charge in [-0.15, -0.1) is 0 Å². The number of amides is 4. The third kappa shape index (κ3) is 6.50. The van der Waals surface area contributed by atoms with Crippen molar-refractivity contribution in [2.45, 2.75) is 12.5 Å². The summed E-state index contributed by atoms with van der Waals surface area (Å²) in [5, 5.41) is 11.0. The maximum atomic E-state index is 12.9. The van der Waals surface area contributed by atoms with Gasteiger partial charge in [0.25, 0.3) is 0 Å². The average Bonchev–Trinajstić information content (AvgIpc) is 3.39. The number of ether oxygens (including phenoxy) is 1. The molecule has 3 N–H and O–H groups in total. The van der Waals surface area contributed by atoms with Gasteiger partial charge in [-0.05, 0) is 60.3 Å². The van der Waals surface area contributed by atoms with Crippen molar-refractivity contribution in [1.29, 1.82) is 0 Å². The van der Waals surface area contributed by atoms with Crippen molar-refractivity contribution in [2.24, 2.45) is 0 Å². The zero-order chi connectivity index (χ0) is 27.4. The lowest BCUT2D eigenvalue weighted by atomic mass is 10.1. The Hall–Kier alpha value is -4.08. The lowest BCUT2D eigenvalue weighted by Gasteiger charge is -2.18. The van der Waals surface area contributed by atoms with Gasteiger partial charge >= 0.3 is 17.8 Å². The van der Waals surface area contributed by atoms with E-state index in [4.69, 9.17) is 16.3 Å². The van der Waals surface area contributed by atoms with E-state index in [2.05, 4.69) is 31.9 Å². The molecular formula is C29H24BrClN4O4. The van der Waals surface area contributed by atoms with Gasteiger partial charge in [-0.3, -0.25) is 9.59 Å². The highest BCUT2D eigenvalue weighted by Crippen LogP contribution is 2.33. The van der Waals surface area contributed by atoms with E-state index in [1.165, 1.54) is 4.90 Å². The van der Waals surface area contributed by atoms with Crippen molar-refractivity contribution in [3.63, 3.8) is 0 Å². The van der Waals surface area contributed by atoms with Crippen LogP contribution in [0.15, 0.2) is 89.4 Å². The van der Waals surface area contributed by atoms with E-state index in [0.717, 1.165) is 10.8 Å². The number of fused-ring (bicyclic) bond motifs is 1. The Balaban J connectivity index is 1.18. The van der Waals surface area contributed by atoms with Crippen LogP contribution in [0.1, 0.15) is 6.42 Å². The van der Waals surface area contributed by atoms with E-state index in [1.54, 1.807) is 42.5 Å². The normalized spacial score (nSPS) is 14.6. The van der Waals surface area contributed by atoms with Crippen LogP contribution in [-0.2, 0) is 9.59 Å². The van der Waals surface area contributed by atoms with Crippen molar-refractivity contribution >= 4 is 67.5 Å². The van der Waals surface area contributed by atoms with Crippen LogP contribution >= 0.6 is 27.5 Å². The van der Waals surface area contributed by atoms with Gasteiger partial charge in [0.05, 0.1) is 11.4 Å². The van der Waals surface area contributed by atoms with Crippen LogP contribution in [0.3, 0.4) is 0 Å². The summed E-state index contributed by atoms with van der Waals surface area (Å²) in [6, 6.07) is 24.7. The zero-order valence-corrected chi connectivity index (χ0v) is 23.0. The molecule has 1 aliphatic rings. The number of urea groups is 1. The average molecular weight is 608 g/mol. The molecule has 1 atom stereocenters. The molecule has 5 rings (SSSR count). The molecule has 4 aromatic rings.